The van der Waals surface area contributed by atoms with Crippen molar-refractivity contribution >= 4 is 29.9 Å². The highest BCUT2D eigenvalue weighted by molar-refractivity contribution is 14.0. The summed E-state index contributed by atoms with van der Waals surface area (Å²) in [5.74, 6) is 0.591. The SMILES string of the molecule is CN=C(NCC(C)(C)c1ccc(F)cc1)NC1CCc2cn(C(C)C)nc2C1.I. The molecule has 29 heavy (non-hydrogen) atoms. The van der Waals surface area contributed by atoms with Crippen LogP contribution in [-0.4, -0.2) is 35.4 Å². The van der Waals surface area contributed by atoms with E-state index in [9.17, 15) is 4.39 Å². The second-order valence-electron chi connectivity index (χ2n) is 8.58. The molecule has 1 aromatic heterocycles. The molecule has 0 fully saturated rings. The lowest BCUT2D eigenvalue weighted by molar-refractivity contribution is 0.482. The fourth-order valence-corrected chi connectivity index (χ4v) is 3.60. The van der Waals surface area contributed by atoms with Gasteiger partial charge in [-0.2, -0.15) is 5.10 Å². The minimum Gasteiger partial charge on any atom is -0.356 e. The highest BCUT2D eigenvalue weighted by Crippen LogP contribution is 2.23. The van der Waals surface area contributed by atoms with Crippen molar-refractivity contribution in [2.24, 2.45) is 4.99 Å². The fourth-order valence-electron chi connectivity index (χ4n) is 3.60. The number of hydrogen-bond donors (Lipinski definition) is 2. The van der Waals surface area contributed by atoms with E-state index in [0.29, 0.717) is 18.6 Å². The fraction of sp³-hybridized carbons (Fsp3) is 0.545. The smallest absolute Gasteiger partial charge is 0.191 e. The van der Waals surface area contributed by atoms with Gasteiger partial charge in [0.15, 0.2) is 5.96 Å². The molecule has 0 radical (unpaired) electrons. The molecular formula is C22H33FIN5. The minimum atomic E-state index is -0.207. The number of aryl methyl sites for hydroxylation is 1. The zero-order chi connectivity index (χ0) is 20.3. The first-order valence-electron chi connectivity index (χ1n) is 10.1. The monoisotopic (exact) mass is 513 g/mol. The van der Waals surface area contributed by atoms with Gasteiger partial charge in [0, 0.05) is 43.7 Å². The lowest BCUT2D eigenvalue weighted by Crippen LogP contribution is -2.48. The van der Waals surface area contributed by atoms with Crippen molar-refractivity contribution in [1.82, 2.24) is 20.4 Å². The first-order valence-corrected chi connectivity index (χ1v) is 10.1. The zero-order valence-corrected chi connectivity index (χ0v) is 20.3. The van der Waals surface area contributed by atoms with Crippen LogP contribution in [0.1, 0.15) is 57.0 Å². The Bertz CT molecular complexity index is 826. The molecule has 7 heteroatoms. The molecule has 0 amide bonds. The highest BCUT2D eigenvalue weighted by atomic mass is 127. The Hall–Kier alpha value is -1.64. The molecule has 0 spiro atoms. The van der Waals surface area contributed by atoms with Gasteiger partial charge in [0.05, 0.1) is 5.69 Å². The maximum atomic E-state index is 13.2. The Morgan fingerprint density at radius 1 is 1.31 bits per heavy atom. The van der Waals surface area contributed by atoms with Crippen molar-refractivity contribution < 1.29 is 4.39 Å². The number of hydrogen-bond acceptors (Lipinski definition) is 2. The summed E-state index contributed by atoms with van der Waals surface area (Å²) in [6.45, 7) is 9.31. The van der Waals surface area contributed by atoms with Gasteiger partial charge < -0.3 is 10.6 Å². The Labute approximate surface area is 190 Å². The number of halogens is 2. The van der Waals surface area contributed by atoms with Crippen molar-refractivity contribution in [3.63, 3.8) is 0 Å². The number of rotatable bonds is 5. The van der Waals surface area contributed by atoms with E-state index in [-0.39, 0.29) is 35.2 Å². The van der Waals surface area contributed by atoms with Gasteiger partial charge in [-0.15, -0.1) is 24.0 Å². The van der Waals surface area contributed by atoms with Crippen LogP contribution in [0.15, 0.2) is 35.5 Å². The molecular weight excluding hydrogens is 480 g/mol. The number of benzene rings is 1. The van der Waals surface area contributed by atoms with Crippen molar-refractivity contribution in [2.45, 2.75) is 64.5 Å². The highest BCUT2D eigenvalue weighted by Gasteiger charge is 2.24. The van der Waals surface area contributed by atoms with Crippen LogP contribution in [0.3, 0.4) is 0 Å². The van der Waals surface area contributed by atoms with E-state index in [1.165, 1.54) is 23.4 Å². The van der Waals surface area contributed by atoms with E-state index in [2.05, 4.69) is 54.2 Å². The summed E-state index contributed by atoms with van der Waals surface area (Å²) in [7, 11) is 1.79. The second-order valence-corrected chi connectivity index (χ2v) is 8.58. The molecule has 1 aliphatic carbocycles. The standard InChI is InChI=1S/C22H32FN5.HI/c1-15(2)28-13-16-6-11-19(12-20(16)27-28)26-21(24-5)25-14-22(3,4)17-7-9-18(23)10-8-17;/h7-10,13,15,19H,6,11-12,14H2,1-5H3,(H2,24,25,26);1H. The van der Waals surface area contributed by atoms with Crippen LogP contribution >= 0.6 is 24.0 Å². The predicted molar refractivity (Wildman–Crippen MR) is 128 cm³/mol. The van der Waals surface area contributed by atoms with Gasteiger partial charge in [-0.1, -0.05) is 26.0 Å². The first kappa shape index (κ1) is 23.6. The van der Waals surface area contributed by atoms with E-state index >= 15 is 0 Å². The van der Waals surface area contributed by atoms with Crippen molar-refractivity contribution in [3.05, 3.63) is 53.1 Å². The van der Waals surface area contributed by atoms with Crippen LogP contribution in [0.5, 0.6) is 0 Å². The Morgan fingerprint density at radius 2 is 2.00 bits per heavy atom. The molecule has 0 aliphatic heterocycles. The molecule has 0 saturated carbocycles. The van der Waals surface area contributed by atoms with Crippen LogP contribution in [0.2, 0.25) is 0 Å². The number of nitrogens with zero attached hydrogens (tertiary/aromatic N) is 3. The summed E-state index contributed by atoms with van der Waals surface area (Å²) < 4.78 is 15.3. The molecule has 5 nitrogen and oxygen atoms in total. The molecule has 2 N–H and O–H groups in total. The number of fused-ring (bicyclic) bond motifs is 1. The summed E-state index contributed by atoms with van der Waals surface area (Å²) in [5.41, 5.74) is 3.52. The first-order chi connectivity index (χ1) is 13.3. The molecule has 1 aromatic carbocycles. The van der Waals surface area contributed by atoms with Crippen molar-refractivity contribution in [3.8, 4) is 0 Å². The Morgan fingerprint density at radius 3 is 2.62 bits per heavy atom. The van der Waals surface area contributed by atoms with Crippen LogP contribution in [0.25, 0.3) is 0 Å². The van der Waals surface area contributed by atoms with Gasteiger partial charge in [0.25, 0.3) is 0 Å². The third-order valence-corrected chi connectivity index (χ3v) is 5.51. The molecule has 0 saturated heterocycles. The summed E-state index contributed by atoms with van der Waals surface area (Å²) >= 11 is 0. The average molecular weight is 513 g/mol. The number of aromatic nitrogens is 2. The van der Waals surface area contributed by atoms with E-state index in [4.69, 9.17) is 5.10 Å². The van der Waals surface area contributed by atoms with Gasteiger partial charge in [-0.25, -0.2) is 4.39 Å². The van der Waals surface area contributed by atoms with Crippen molar-refractivity contribution in [2.75, 3.05) is 13.6 Å². The molecule has 1 unspecified atom stereocenters. The molecule has 2 aromatic rings. The molecule has 160 valence electrons. The van der Waals surface area contributed by atoms with Crippen LogP contribution in [0, 0.1) is 5.82 Å². The maximum Gasteiger partial charge on any atom is 0.191 e. The summed E-state index contributed by atoms with van der Waals surface area (Å²) in [6, 6.07) is 7.44. The van der Waals surface area contributed by atoms with Crippen molar-refractivity contribution in [1.29, 1.82) is 0 Å². The van der Waals surface area contributed by atoms with Crippen LogP contribution in [-0.2, 0) is 18.3 Å². The lowest BCUT2D eigenvalue weighted by Gasteiger charge is -2.29. The minimum absolute atomic E-state index is 0. The topological polar surface area (TPSA) is 54.2 Å². The Kier molecular flexibility index (Phi) is 8.08. The van der Waals surface area contributed by atoms with Crippen LogP contribution in [0.4, 0.5) is 4.39 Å². The molecule has 1 heterocycles. The summed E-state index contributed by atoms with van der Waals surface area (Å²) in [5, 5.41) is 11.7. The molecule has 1 aliphatic rings. The van der Waals surface area contributed by atoms with Gasteiger partial charge in [-0.05, 0) is 49.9 Å². The molecule has 3 rings (SSSR count). The summed E-state index contributed by atoms with van der Waals surface area (Å²) in [4.78, 5) is 4.39. The zero-order valence-electron chi connectivity index (χ0n) is 18.0. The number of guanidine groups is 1. The van der Waals surface area contributed by atoms with E-state index in [0.717, 1.165) is 30.8 Å². The largest absolute Gasteiger partial charge is 0.356 e. The maximum absolute atomic E-state index is 13.2. The number of aliphatic imine (C=N–C) groups is 1. The average Bonchev–Trinajstić information content (AvgIpc) is 3.09. The van der Waals surface area contributed by atoms with Crippen LogP contribution < -0.4 is 10.6 Å². The predicted octanol–water partition coefficient (Wildman–Crippen LogP) is 4.22. The molecule has 0 bridgehead atoms. The van der Waals surface area contributed by atoms with E-state index in [1.807, 2.05) is 12.1 Å². The summed E-state index contributed by atoms with van der Waals surface area (Å²) in [6.07, 6.45) is 5.21. The third-order valence-electron chi connectivity index (χ3n) is 5.51. The quantitative estimate of drug-likeness (QED) is 0.358. The van der Waals surface area contributed by atoms with Gasteiger partial charge in [0.1, 0.15) is 5.82 Å². The molecule has 1 atom stereocenters. The van der Waals surface area contributed by atoms with E-state index in [1.54, 1.807) is 7.05 Å². The Balaban J connectivity index is 0.00000300. The van der Waals surface area contributed by atoms with E-state index < -0.39 is 0 Å². The number of nitrogens with one attached hydrogen (secondary N) is 2. The second kappa shape index (κ2) is 9.91. The third kappa shape index (κ3) is 5.93. The van der Waals surface area contributed by atoms with Gasteiger partial charge in [0.2, 0.25) is 0 Å². The van der Waals surface area contributed by atoms with Gasteiger partial charge >= 0.3 is 0 Å². The normalized spacial score (nSPS) is 16.9. The van der Waals surface area contributed by atoms with Gasteiger partial charge in [-0.3, -0.25) is 9.67 Å². The lowest BCUT2D eigenvalue weighted by atomic mass is 9.84.